The number of benzene rings is 2. The van der Waals surface area contributed by atoms with E-state index in [2.05, 4.69) is 15.5 Å². The number of halogens is 1. The number of fused-ring (bicyclic) bond motifs is 1. The molecule has 0 aliphatic carbocycles. The van der Waals surface area contributed by atoms with Crippen molar-refractivity contribution in [2.24, 2.45) is 0 Å². The highest BCUT2D eigenvalue weighted by Gasteiger charge is 2.21. The summed E-state index contributed by atoms with van der Waals surface area (Å²) in [6.07, 6.45) is 0. The van der Waals surface area contributed by atoms with Crippen LogP contribution in [0.25, 0.3) is 22.6 Å². The van der Waals surface area contributed by atoms with E-state index in [0.29, 0.717) is 10.8 Å². The van der Waals surface area contributed by atoms with Crippen LogP contribution in [0.3, 0.4) is 0 Å². The van der Waals surface area contributed by atoms with Gasteiger partial charge in [0.2, 0.25) is 5.82 Å². The van der Waals surface area contributed by atoms with Crippen LogP contribution in [0, 0.1) is 13.8 Å². The summed E-state index contributed by atoms with van der Waals surface area (Å²) in [7, 11) is 0. The topological polar surface area (TPSA) is 81.2 Å². The van der Waals surface area contributed by atoms with Crippen molar-refractivity contribution in [2.45, 2.75) is 20.4 Å². The molecular weight excluding hydrogens is 366 g/mol. The van der Waals surface area contributed by atoms with Gasteiger partial charge < -0.3 is 14.3 Å². The van der Waals surface area contributed by atoms with Gasteiger partial charge in [0.25, 0.3) is 0 Å². The van der Waals surface area contributed by atoms with Gasteiger partial charge in [-0.3, -0.25) is 4.79 Å². The Hall–Kier alpha value is -3.12. The highest BCUT2D eigenvalue weighted by molar-refractivity contribution is 6.31. The van der Waals surface area contributed by atoms with E-state index in [-0.39, 0.29) is 18.3 Å². The Morgan fingerprint density at radius 1 is 1.15 bits per heavy atom. The monoisotopic (exact) mass is 381 g/mol. The number of para-hydroxylation sites is 1. The second-order valence-corrected chi connectivity index (χ2v) is 6.61. The Kier molecular flexibility index (Phi) is 4.41. The van der Waals surface area contributed by atoms with Crippen molar-refractivity contribution in [2.75, 3.05) is 0 Å². The van der Waals surface area contributed by atoms with Gasteiger partial charge in [0.1, 0.15) is 5.58 Å². The maximum Gasteiger partial charge on any atom is 0.316 e. The predicted molar refractivity (Wildman–Crippen MR) is 102 cm³/mol. The highest BCUT2D eigenvalue weighted by Crippen LogP contribution is 2.33. The molecule has 4 rings (SSSR count). The van der Waals surface area contributed by atoms with Gasteiger partial charge in [0.05, 0.1) is 0 Å². The van der Waals surface area contributed by atoms with Crippen LogP contribution in [0.2, 0.25) is 5.02 Å². The fourth-order valence-electron chi connectivity index (χ4n) is 2.90. The summed E-state index contributed by atoms with van der Waals surface area (Å²) in [5.41, 5.74) is 3.50. The molecule has 6 nitrogen and oxygen atoms in total. The Labute approximate surface area is 160 Å². The molecule has 2 aromatic carbocycles. The maximum absolute atomic E-state index is 12.3. The molecule has 0 fully saturated rings. The number of carbonyl (C=O) groups excluding carboxylic acids is 1. The van der Waals surface area contributed by atoms with Gasteiger partial charge in [-0.1, -0.05) is 53.2 Å². The standard InChI is InChI=1S/C20H16ClN3O3/c1-11-6-5-8-14-12(2)17(26-16(11)14)18-23-20(27-24-18)19(25)22-10-13-7-3-4-9-15(13)21/h3-9H,10H2,1-2H3,(H,22,25). The van der Waals surface area contributed by atoms with E-state index in [0.717, 1.165) is 27.7 Å². The van der Waals surface area contributed by atoms with E-state index in [1.165, 1.54) is 0 Å². The minimum absolute atomic E-state index is 0.131. The lowest BCUT2D eigenvalue weighted by molar-refractivity contribution is 0.0907. The third kappa shape index (κ3) is 3.19. The summed E-state index contributed by atoms with van der Waals surface area (Å²) >= 11 is 6.09. The largest absolute Gasteiger partial charge is 0.452 e. The molecule has 0 unspecified atom stereocenters. The molecule has 0 atom stereocenters. The quantitative estimate of drug-likeness (QED) is 0.555. The Morgan fingerprint density at radius 2 is 1.96 bits per heavy atom. The Balaban J connectivity index is 1.57. The summed E-state index contributed by atoms with van der Waals surface area (Å²) in [5, 5.41) is 8.19. The fraction of sp³-hybridized carbons (Fsp3) is 0.150. The first-order valence-corrected chi connectivity index (χ1v) is 8.77. The third-order valence-corrected chi connectivity index (χ3v) is 4.75. The molecular formula is C20H16ClN3O3. The Morgan fingerprint density at radius 3 is 2.74 bits per heavy atom. The SMILES string of the molecule is Cc1c(-c2noc(C(=O)NCc3ccccc3Cl)n2)oc2c(C)cccc12. The highest BCUT2D eigenvalue weighted by atomic mass is 35.5. The van der Waals surface area contributed by atoms with Gasteiger partial charge in [-0.2, -0.15) is 4.98 Å². The first-order valence-electron chi connectivity index (χ1n) is 8.39. The fourth-order valence-corrected chi connectivity index (χ4v) is 3.10. The van der Waals surface area contributed by atoms with Crippen LogP contribution in [0.1, 0.15) is 27.4 Å². The molecule has 0 aliphatic heterocycles. The lowest BCUT2D eigenvalue weighted by Gasteiger charge is -2.04. The van der Waals surface area contributed by atoms with Crippen LogP contribution in [-0.4, -0.2) is 16.0 Å². The molecule has 136 valence electrons. The van der Waals surface area contributed by atoms with Gasteiger partial charge in [0, 0.05) is 22.5 Å². The average molecular weight is 382 g/mol. The van der Waals surface area contributed by atoms with Gasteiger partial charge in [0.15, 0.2) is 5.76 Å². The molecule has 0 spiro atoms. The summed E-state index contributed by atoms with van der Waals surface area (Å²) < 4.78 is 11.0. The summed E-state index contributed by atoms with van der Waals surface area (Å²) in [6, 6.07) is 13.2. The number of furan rings is 1. The van der Waals surface area contributed by atoms with Crippen LogP contribution >= 0.6 is 11.6 Å². The summed E-state index contributed by atoms with van der Waals surface area (Å²) in [5.74, 6) is 0.131. The second-order valence-electron chi connectivity index (χ2n) is 6.21. The van der Waals surface area contributed by atoms with Crippen LogP contribution in [-0.2, 0) is 6.54 Å². The third-order valence-electron chi connectivity index (χ3n) is 4.38. The molecule has 0 radical (unpaired) electrons. The van der Waals surface area contributed by atoms with E-state index in [4.69, 9.17) is 20.5 Å². The molecule has 0 saturated carbocycles. The van der Waals surface area contributed by atoms with Crippen molar-refractivity contribution in [1.29, 1.82) is 0 Å². The van der Waals surface area contributed by atoms with Crippen LogP contribution < -0.4 is 5.32 Å². The van der Waals surface area contributed by atoms with E-state index >= 15 is 0 Å². The Bertz CT molecular complexity index is 1150. The number of hydrogen-bond donors (Lipinski definition) is 1. The lowest BCUT2D eigenvalue weighted by atomic mass is 10.1. The van der Waals surface area contributed by atoms with E-state index in [1.54, 1.807) is 6.07 Å². The van der Waals surface area contributed by atoms with E-state index in [9.17, 15) is 4.79 Å². The molecule has 4 aromatic rings. The zero-order valence-electron chi connectivity index (χ0n) is 14.7. The molecule has 2 heterocycles. The number of nitrogens with one attached hydrogen (secondary N) is 1. The minimum Gasteiger partial charge on any atom is -0.452 e. The number of hydrogen-bond acceptors (Lipinski definition) is 5. The molecule has 27 heavy (non-hydrogen) atoms. The number of aromatic nitrogens is 2. The van der Waals surface area contributed by atoms with Crippen molar-refractivity contribution in [1.82, 2.24) is 15.5 Å². The van der Waals surface area contributed by atoms with Gasteiger partial charge >= 0.3 is 11.8 Å². The van der Waals surface area contributed by atoms with Gasteiger partial charge in [-0.25, -0.2) is 0 Å². The number of aryl methyl sites for hydroxylation is 2. The first kappa shape index (κ1) is 17.3. The van der Waals surface area contributed by atoms with Crippen molar-refractivity contribution in [3.63, 3.8) is 0 Å². The molecule has 1 amide bonds. The molecule has 7 heteroatoms. The predicted octanol–water partition coefficient (Wildman–Crippen LogP) is 4.68. The number of nitrogens with zero attached hydrogens (tertiary/aromatic N) is 2. The zero-order valence-corrected chi connectivity index (χ0v) is 15.5. The van der Waals surface area contributed by atoms with Gasteiger partial charge in [-0.05, 0) is 31.0 Å². The molecule has 1 N–H and O–H groups in total. The van der Waals surface area contributed by atoms with Crippen molar-refractivity contribution < 1.29 is 13.7 Å². The maximum atomic E-state index is 12.3. The normalized spacial score (nSPS) is 11.1. The van der Waals surface area contributed by atoms with E-state index in [1.807, 2.05) is 50.2 Å². The summed E-state index contributed by atoms with van der Waals surface area (Å²) in [4.78, 5) is 16.5. The van der Waals surface area contributed by atoms with Crippen LogP contribution in [0.15, 0.2) is 51.4 Å². The van der Waals surface area contributed by atoms with E-state index < -0.39 is 5.91 Å². The zero-order chi connectivity index (χ0) is 19.0. The van der Waals surface area contributed by atoms with Crippen molar-refractivity contribution in [3.05, 3.63) is 70.1 Å². The number of rotatable bonds is 4. The molecule has 2 aromatic heterocycles. The smallest absolute Gasteiger partial charge is 0.316 e. The molecule has 0 bridgehead atoms. The average Bonchev–Trinajstić information content (AvgIpc) is 3.27. The number of carbonyl (C=O) groups is 1. The lowest BCUT2D eigenvalue weighted by Crippen LogP contribution is -2.23. The second kappa shape index (κ2) is 6.89. The minimum atomic E-state index is -0.474. The number of amides is 1. The molecule has 0 aliphatic rings. The van der Waals surface area contributed by atoms with Crippen molar-refractivity contribution in [3.8, 4) is 11.6 Å². The van der Waals surface area contributed by atoms with Crippen LogP contribution in [0.4, 0.5) is 0 Å². The molecule has 0 saturated heterocycles. The van der Waals surface area contributed by atoms with Crippen LogP contribution in [0.5, 0.6) is 0 Å². The van der Waals surface area contributed by atoms with Gasteiger partial charge in [-0.15, -0.1) is 0 Å². The first-order chi connectivity index (χ1) is 13.0. The van der Waals surface area contributed by atoms with Crippen molar-refractivity contribution >= 4 is 28.5 Å². The summed E-state index contributed by atoms with van der Waals surface area (Å²) in [6.45, 7) is 4.16.